The molecule has 0 fully saturated rings. The summed E-state index contributed by atoms with van der Waals surface area (Å²) < 4.78 is 41.5. The van der Waals surface area contributed by atoms with Crippen LogP contribution in [-0.4, -0.2) is 13.0 Å². The molecule has 0 bridgehead atoms. The van der Waals surface area contributed by atoms with Crippen molar-refractivity contribution in [2.75, 3.05) is 0 Å². The summed E-state index contributed by atoms with van der Waals surface area (Å²) in [7, 11) is -4.57. The molecule has 2 aromatic carbocycles. The SMILES string of the molecule is CCCCCCCCCCCCc1ccccc1I(OS(=O)(=O)O)c1ccccc1CCCCCCCCCCCC. The van der Waals surface area contributed by atoms with Crippen molar-refractivity contribution in [1.82, 2.24) is 0 Å². The van der Waals surface area contributed by atoms with E-state index in [9.17, 15) is 13.0 Å². The van der Waals surface area contributed by atoms with Gasteiger partial charge in [-0.25, -0.2) is 0 Å². The number of unbranched alkanes of at least 4 members (excludes halogenated alkanes) is 18. The number of halogens is 1. The van der Waals surface area contributed by atoms with Crippen LogP contribution in [0.5, 0.6) is 0 Å². The van der Waals surface area contributed by atoms with Crippen molar-refractivity contribution >= 4 is 30.6 Å². The molecule has 0 amide bonds. The maximum absolute atomic E-state index is 12.1. The van der Waals surface area contributed by atoms with Crippen LogP contribution in [0.1, 0.15) is 153 Å². The van der Waals surface area contributed by atoms with Crippen molar-refractivity contribution in [3.63, 3.8) is 0 Å². The van der Waals surface area contributed by atoms with Gasteiger partial charge < -0.3 is 0 Å². The standard InChI is InChI=1S/C36H59IO4S/c1-3-5-7-9-11-13-15-17-19-21-27-33-29-23-25-31-35(33)37(41-42(38,39)40)36-32-26-24-30-34(36)28-22-20-18-16-14-12-10-8-6-4-2/h23-26,29-32H,3-22,27-28H2,1-2H3,(H,38,39,40). The zero-order chi connectivity index (χ0) is 30.3. The Kier molecular flexibility index (Phi) is 20.8. The van der Waals surface area contributed by atoms with Gasteiger partial charge >= 0.3 is 241 Å². The van der Waals surface area contributed by atoms with Crippen LogP contribution in [0.25, 0.3) is 0 Å². The Labute approximate surface area is 266 Å². The Morgan fingerprint density at radius 2 is 0.833 bits per heavy atom. The second-order valence-electron chi connectivity index (χ2n) is 11.8. The fourth-order valence-corrected chi connectivity index (χ4v) is 12.3. The van der Waals surface area contributed by atoms with Crippen molar-refractivity contribution in [2.24, 2.45) is 0 Å². The quantitative estimate of drug-likeness (QED) is 0.0599. The van der Waals surface area contributed by atoms with Crippen LogP contribution in [-0.2, 0) is 25.8 Å². The average molecular weight is 715 g/mol. The van der Waals surface area contributed by atoms with E-state index in [4.69, 9.17) is 2.51 Å². The molecule has 0 heterocycles. The van der Waals surface area contributed by atoms with Crippen LogP contribution >= 0.6 is 20.2 Å². The van der Waals surface area contributed by atoms with E-state index in [1.54, 1.807) is 0 Å². The van der Waals surface area contributed by atoms with E-state index in [1.807, 2.05) is 36.4 Å². The van der Waals surface area contributed by atoms with E-state index < -0.39 is 30.6 Å². The van der Waals surface area contributed by atoms with Crippen LogP contribution in [0.4, 0.5) is 0 Å². The van der Waals surface area contributed by atoms with Gasteiger partial charge in [0.25, 0.3) is 0 Å². The molecule has 0 unspecified atom stereocenters. The number of hydrogen-bond donors (Lipinski definition) is 1. The van der Waals surface area contributed by atoms with E-state index in [2.05, 4.69) is 26.0 Å². The zero-order valence-electron chi connectivity index (χ0n) is 26.6. The third-order valence-corrected chi connectivity index (χ3v) is 15.0. The predicted molar refractivity (Wildman–Crippen MR) is 188 cm³/mol. The summed E-state index contributed by atoms with van der Waals surface area (Å²) in [5, 5.41) is 0. The van der Waals surface area contributed by atoms with E-state index in [0.29, 0.717) is 0 Å². The molecular formula is C36H59IO4S. The summed E-state index contributed by atoms with van der Waals surface area (Å²) in [5.41, 5.74) is 2.33. The molecule has 240 valence electrons. The van der Waals surface area contributed by atoms with E-state index in [1.165, 1.54) is 127 Å². The number of aryl methyl sites for hydroxylation is 2. The molecule has 0 saturated heterocycles. The molecule has 42 heavy (non-hydrogen) atoms. The van der Waals surface area contributed by atoms with Crippen LogP contribution in [0.3, 0.4) is 0 Å². The summed E-state index contributed by atoms with van der Waals surface area (Å²) in [4.78, 5) is 0. The summed E-state index contributed by atoms with van der Waals surface area (Å²) in [6.45, 7) is 4.52. The van der Waals surface area contributed by atoms with Gasteiger partial charge in [0, 0.05) is 0 Å². The molecule has 1 N–H and O–H groups in total. The van der Waals surface area contributed by atoms with E-state index in [-0.39, 0.29) is 0 Å². The van der Waals surface area contributed by atoms with E-state index in [0.717, 1.165) is 32.8 Å². The first kappa shape index (κ1) is 37.2. The zero-order valence-corrected chi connectivity index (χ0v) is 29.6. The minimum Gasteiger partial charge on any atom is -0.0654 e. The van der Waals surface area contributed by atoms with Gasteiger partial charge in [0.2, 0.25) is 0 Å². The van der Waals surface area contributed by atoms with Gasteiger partial charge in [0.1, 0.15) is 0 Å². The topological polar surface area (TPSA) is 63.6 Å². The predicted octanol–water partition coefficient (Wildman–Crippen LogP) is 11.9. The van der Waals surface area contributed by atoms with Gasteiger partial charge in [-0.15, -0.1) is 0 Å². The Morgan fingerprint density at radius 1 is 0.524 bits per heavy atom. The first-order valence-electron chi connectivity index (χ1n) is 17.0. The number of hydrogen-bond acceptors (Lipinski definition) is 3. The van der Waals surface area contributed by atoms with Crippen molar-refractivity contribution in [3.8, 4) is 0 Å². The van der Waals surface area contributed by atoms with Crippen LogP contribution in [0.2, 0.25) is 0 Å². The van der Waals surface area contributed by atoms with Gasteiger partial charge in [-0.05, 0) is 0 Å². The minimum absolute atomic E-state index is 0.913. The molecule has 2 rings (SSSR count). The fraction of sp³-hybridized carbons (Fsp3) is 0.667. The maximum atomic E-state index is 12.1. The fourth-order valence-electron chi connectivity index (χ4n) is 5.60. The normalized spacial score (nSPS) is 12.1. The molecule has 0 saturated carbocycles. The molecule has 4 nitrogen and oxygen atoms in total. The summed E-state index contributed by atoms with van der Waals surface area (Å²) >= 11 is -2.89. The van der Waals surface area contributed by atoms with Crippen LogP contribution in [0.15, 0.2) is 48.5 Å². The number of rotatable bonds is 26. The van der Waals surface area contributed by atoms with Gasteiger partial charge in [-0.1, -0.05) is 26.7 Å². The second kappa shape index (κ2) is 23.4. The Balaban J connectivity index is 1.95. The molecule has 0 aliphatic heterocycles. The molecule has 0 aromatic heterocycles. The molecule has 0 aliphatic carbocycles. The number of benzene rings is 2. The average Bonchev–Trinajstić information content (AvgIpc) is 2.98. The van der Waals surface area contributed by atoms with Crippen LogP contribution in [0, 0.1) is 7.14 Å². The van der Waals surface area contributed by atoms with Gasteiger partial charge in [-0.3, -0.25) is 0 Å². The van der Waals surface area contributed by atoms with Gasteiger partial charge in [-0.2, -0.15) is 0 Å². The van der Waals surface area contributed by atoms with Crippen LogP contribution < -0.4 is 0 Å². The molecular weight excluding hydrogens is 655 g/mol. The molecule has 0 atom stereocenters. The first-order chi connectivity index (χ1) is 20.5. The summed E-state index contributed by atoms with van der Waals surface area (Å²) in [6.07, 6.45) is 27.6. The monoisotopic (exact) mass is 714 g/mol. The second-order valence-corrected chi connectivity index (χ2v) is 17.6. The minimum atomic E-state index is -4.57. The van der Waals surface area contributed by atoms with E-state index >= 15 is 0 Å². The van der Waals surface area contributed by atoms with Crippen molar-refractivity contribution < 1.29 is 15.5 Å². The Bertz CT molecular complexity index is 988. The van der Waals surface area contributed by atoms with Gasteiger partial charge in [0.15, 0.2) is 0 Å². The van der Waals surface area contributed by atoms with Crippen molar-refractivity contribution in [1.29, 1.82) is 0 Å². The molecule has 0 aliphatic rings. The van der Waals surface area contributed by atoms with Crippen molar-refractivity contribution in [3.05, 3.63) is 66.8 Å². The Hall–Kier alpha value is -0.960. The molecule has 6 heteroatoms. The summed E-state index contributed by atoms with van der Waals surface area (Å²) in [6, 6.07) is 16.3. The smallest absolute Gasteiger partial charge is 0.0654 e. The summed E-state index contributed by atoms with van der Waals surface area (Å²) in [5.74, 6) is 0. The van der Waals surface area contributed by atoms with Gasteiger partial charge in [0.05, 0.1) is 0 Å². The molecule has 0 spiro atoms. The first-order valence-corrected chi connectivity index (χ1v) is 21.4. The van der Waals surface area contributed by atoms with Crippen molar-refractivity contribution in [2.45, 2.75) is 155 Å². The third kappa shape index (κ3) is 16.8. The molecule has 2 aromatic rings. The Morgan fingerprint density at radius 3 is 1.17 bits per heavy atom. The third-order valence-electron chi connectivity index (χ3n) is 8.03. The molecule has 0 radical (unpaired) electrons.